The third kappa shape index (κ3) is 5.88. The number of hydroxylamine groups is 3. The third-order valence-electron chi connectivity index (χ3n) is 6.99. The van der Waals surface area contributed by atoms with Crippen LogP contribution in [0, 0.1) is 5.21 Å². The number of quaternary nitrogens is 1. The first-order chi connectivity index (χ1) is 16.9. The predicted molar refractivity (Wildman–Crippen MR) is 128 cm³/mol. The molecule has 3 heterocycles. The summed E-state index contributed by atoms with van der Waals surface area (Å²) in [4.78, 5) is 39.3. The van der Waals surface area contributed by atoms with E-state index in [1.54, 1.807) is 12.1 Å². The van der Waals surface area contributed by atoms with Crippen molar-refractivity contribution in [3.8, 4) is 0 Å². The van der Waals surface area contributed by atoms with Gasteiger partial charge in [0.1, 0.15) is 6.54 Å². The molecule has 0 aromatic heterocycles. The Hall–Kier alpha value is -2.41. The van der Waals surface area contributed by atoms with Gasteiger partial charge < -0.3 is 30.6 Å². The van der Waals surface area contributed by atoms with Crippen LogP contribution in [0.1, 0.15) is 41.6 Å². The van der Waals surface area contributed by atoms with E-state index < -0.39 is 28.4 Å². The number of imide groups is 1. The number of benzene rings is 1. The molecule has 0 radical (unpaired) electrons. The van der Waals surface area contributed by atoms with Gasteiger partial charge in [-0.25, -0.2) is 4.79 Å². The van der Waals surface area contributed by atoms with Crippen LogP contribution in [0.4, 0.5) is 5.69 Å². The SMILES string of the molecule is NCCOCCOCCN1CCC(Nc2cccc3c2C[N+]([O-])(C2CCC(=O)NC2=O)C3=O)CC1. The molecule has 11 nitrogen and oxygen atoms in total. The van der Waals surface area contributed by atoms with Gasteiger partial charge in [-0.1, -0.05) is 6.07 Å². The average Bonchev–Trinajstić information content (AvgIpc) is 3.11. The Morgan fingerprint density at radius 3 is 2.54 bits per heavy atom. The van der Waals surface area contributed by atoms with E-state index in [4.69, 9.17) is 15.2 Å². The fourth-order valence-electron chi connectivity index (χ4n) is 5.05. The zero-order valence-electron chi connectivity index (χ0n) is 20.0. The summed E-state index contributed by atoms with van der Waals surface area (Å²) in [6.45, 7) is 5.45. The molecular weight excluding hydrogens is 454 g/mol. The standard InChI is InChI=1S/C24H35N5O6/c25-8-12-34-14-15-35-13-11-28-9-6-17(7-10-28)26-20-3-1-2-18-19(20)16-29(33,24(18)32)21-4-5-22(30)27-23(21)31/h1-3,17,21,26H,4-16,25H2,(H,27,30,31). The second-order valence-electron chi connectivity index (χ2n) is 9.33. The first-order valence-corrected chi connectivity index (χ1v) is 12.4. The predicted octanol–water partition coefficient (Wildman–Crippen LogP) is 0.328. The number of piperidine rings is 2. The number of hydrogen-bond acceptors (Lipinski definition) is 9. The molecule has 3 aliphatic heterocycles. The van der Waals surface area contributed by atoms with Crippen molar-refractivity contribution in [3.63, 3.8) is 0 Å². The Morgan fingerprint density at radius 1 is 1.09 bits per heavy atom. The monoisotopic (exact) mass is 489 g/mol. The number of hydrogen-bond donors (Lipinski definition) is 3. The van der Waals surface area contributed by atoms with E-state index in [-0.39, 0.29) is 25.4 Å². The number of rotatable bonds is 11. The Balaban J connectivity index is 1.29. The molecule has 2 unspecified atom stereocenters. The summed E-state index contributed by atoms with van der Waals surface area (Å²) in [5.74, 6) is -1.67. The van der Waals surface area contributed by atoms with Gasteiger partial charge in [-0.3, -0.25) is 19.6 Å². The van der Waals surface area contributed by atoms with E-state index in [9.17, 15) is 19.6 Å². The lowest BCUT2D eigenvalue weighted by molar-refractivity contribution is -0.825. The van der Waals surface area contributed by atoms with Gasteiger partial charge in [0.2, 0.25) is 5.91 Å². The lowest BCUT2D eigenvalue weighted by Crippen LogP contribution is -2.60. The minimum Gasteiger partial charge on any atom is -0.624 e. The van der Waals surface area contributed by atoms with Crippen molar-refractivity contribution in [2.75, 3.05) is 57.9 Å². The average molecular weight is 490 g/mol. The number of carbonyl (C=O) groups excluding carboxylic acids is 3. The van der Waals surface area contributed by atoms with Gasteiger partial charge in [0.05, 0.1) is 32.0 Å². The van der Waals surface area contributed by atoms with Crippen LogP contribution in [0.5, 0.6) is 0 Å². The number of ether oxygens (including phenoxy) is 2. The summed E-state index contributed by atoms with van der Waals surface area (Å²) in [5, 5.41) is 19.3. The Kier molecular flexibility index (Phi) is 8.47. The molecule has 11 heteroatoms. The number of amides is 3. The quantitative estimate of drug-likeness (QED) is 0.173. The summed E-state index contributed by atoms with van der Waals surface area (Å²) in [5.41, 5.74) is 7.17. The summed E-state index contributed by atoms with van der Waals surface area (Å²) < 4.78 is 9.65. The molecule has 0 aliphatic carbocycles. The smallest absolute Gasteiger partial charge is 0.347 e. The number of carbonyl (C=O) groups is 3. The maximum Gasteiger partial charge on any atom is 0.347 e. The fraction of sp³-hybridized carbons (Fsp3) is 0.625. The molecule has 2 atom stereocenters. The van der Waals surface area contributed by atoms with Crippen LogP contribution in [0.25, 0.3) is 0 Å². The molecule has 3 amide bonds. The van der Waals surface area contributed by atoms with E-state index in [2.05, 4.69) is 15.5 Å². The van der Waals surface area contributed by atoms with Crippen molar-refractivity contribution in [2.24, 2.45) is 5.73 Å². The van der Waals surface area contributed by atoms with Gasteiger partial charge in [-0.15, -0.1) is 0 Å². The number of anilines is 1. The zero-order chi connectivity index (χ0) is 24.8. The largest absolute Gasteiger partial charge is 0.624 e. The highest BCUT2D eigenvalue weighted by atomic mass is 16.6. The highest BCUT2D eigenvalue weighted by Gasteiger charge is 2.50. The maximum atomic E-state index is 13.6. The normalized spacial score (nSPS) is 25.5. The van der Waals surface area contributed by atoms with E-state index >= 15 is 0 Å². The highest BCUT2D eigenvalue weighted by molar-refractivity contribution is 6.02. The van der Waals surface area contributed by atoms with Gasteiger partial charge in [-0.05, 0) is 25.0 Å². The van der Waals surface area contributed by atoms with Crippen LogP contribution in [0.3, 0.4) is 0 Å². The number of nitrogens with one attached hydrogen (secondary N) is 2. The first-order valence-electron chi connectivity index (χ1n) is 12.4. The zero-order valence-corrected chi connectivity index (χ0v) is 20.0. The molecule has 192 valence electrons. The lowest BCUT2D eigenvalue weighted by Gasteiger charge is -2.42. The first kappa shape index (κ1) is 25.7. The summed E-state index contributed by atoms with van der Waals surface area (Å²) in [6, 6.07) is 4.43. The summed E-state index contributed by atoms with van der Waals surface area (Å²) in [6.07, 6.45) is 2.02. The molecule has 35 heavy (non-hydrogen) atoms. The molecule has 4 N–H and O–H groups in total. The van der Waals surface area contributed by atoms with Crippen LogP contribution in [-0.2, 0) is 25.6 Å². The van der Waals surface area contributed by atoms with Crippen LogP contribution >= 0.6 is 0 Å². The lowest BCUT2D eigenvalue weighted by atomic mass is 10.0. The molecule has 0 spiro atoms. The second kappa shape index (κ2) is 11.5. The number of fused-ring (bicyclic) bond motifs is 1. The molecule has 1 aromatic carbocycles. The van der Waals surface area contributed by atoms with Gasteiger partial charge in [0.15, 0.2) is 6.04 Å². The van der Waals surface area contributed by atoms with Gasteiger partial charge in [-0.2, -0.15) is 0 Å². The molecular formula is C24H35N5O6. The van der Waals surface area contributed by atoms with Crippen molar-refractivity contribution in [2.45, 2.75) is 44.3 Å². The van der Waals surface area contributed by atoms with Gasteiger partial charge in [0, 0.05) is 56.3 Å². The number of nitrogens with zero attached hydrogens (tertiary/aromatic N) is 2. The van der Waals surface area contributed by atoms with Crippen molar-refractivity contribution >= 4 is 23.4 Å². The van der Waals surface area contributed by atoms with E-state index in [1.165, 1.54) is 0 Å². The maximum absolute atomic E-state index is 13.6. The Morgan fingerprint density at radius 2 is 1.83 bits per heavy atom. The molecule has 3 aliphatic rings. The van der Waals surface area contributed by atoms with Crippen LogP contribution < -0.4 is 16.4 Å². The van der Waals surface area contributed by atoms with Crippen LogP contribution in [-0.4, -0.2) is 92.0 Å². The van der Waals surface area contributed by atoms with Crippen molar-refractivity contribution in [1.29, 1.82) is 0 Å². The minimum atomic E-state index is -1.26. The molecule has 1 aromatic rings. The minimum absolute atomic E-state index is 0.0685. The van der Waals surface area contributed by atoms with Gasteiger partial charge >= 0.3 is 5.91 Å². The fourth-order valence-corrected chi connectivity index (χ4v) is 5.05. The second-order valence-corrected chi connectivity index (χ2v) is 9.33. The van der Waals surface area contributed by atoms with Crippen molar-refractivity contribution in [3.05, 3.63) is 34.5 Å². The molecule has 2 fully saturated rings. The highest BCUT2D eigenvalue weighted by Crippen LogP contribution is 2.38. The van der Waals surface area contributed by atoms with Crippen LogP contribution in [0.2, 0.25) is 0 Å². The van der Waals surface area contributed by atoms with Crippen molar-refractivity contribution < 1.29 is 28.5 Å². The summed E-state index contributed by atoms with van der Waals surface area (Å²) >= 11 is 0. The molecule has 0 bridgehead atoms. The number of nitrogens with two attached hydrogens (primary N) is 1. The topological polar surface area (TPSA) is 146 Å². The van der Waals surface area contributed by atoms with Crippen molar-refractivity contribution in [1.82, 2.24) is 10.2 Å². The molecule has 2 saturated heterocycles. The van der Waals surface area contributed by atoms with E-state index in [0.29, 0.717) is 44.1 Å². The van der Waals surface area contributed by atoms with Crippen LogP contribution in [0.15, 0.2) is 18.2 Å². The third-order valence-corrected chi connectivity index (χ3v) is 6.99. The molecule has 0 saturated carbocycles. The van der Waals surface area contributed by atoms with Gasteiger partial charge in [0.25, 0.3) is 5.91 Å². The number of likely N-dealkylation sites (tertiary alicyclic amines) is 1. The Bertz CT molecular complexity index is 935. The van der Waals surface area contributed by atoms with E-state index in [1.807, 2.05) is 6.07 Å². The Labute approximate surface area is 205 Å². The molecule has 4 rings (SSSR count). The van der Waals surface area contributed by atoms with E-state index in [0.717, 1.165) is 38.2 Å². The summed E-state index contributed by atoms with van der Waals surface area (Å²) in [7, 11) is 0.